The Kier molecular flexibility index (Phi) is 4.03. The van der Waals surface area contributed by atoms with E-state index in [1.807, 2.05) is 6.92 Å². The minimum absolute atomic E-state index is 0.153. The minimum atomic E-state index is -0.403. The third kappa shape index (κ3) is 2.79. The molecule has 0 saturated heterocycles. The number of H-pyrrole nitrogens is 1. The second kappa shape index (κ2) is 5.97. The Bertz CT molecular complexity index is 796. The number of aromatic amines is 1. The summed E-state index contributed by atoms with van der Waals surface area (Å²) in [4.78, 5) is 27.4. The predicted octanol–water partition coefficient (Wildman–Crippen LogP) is 3.47. The number of halogens is 1. The highest BCUT2D eigenvalue weighted by Gasteiger charge is 2.17. The average molecular weight is 317 g/mol. The van der Waals surface area contributed by atoms with Crippen LogP contribution in [0.3, 0.4) is 0 Å². The highest BCUT2D eigenvalue weighted by molar-refractivity contribution is 6.31. The zero-order valence-corrected chi connectivity index (χ0v) is 13.1. The lowest BCUT2D eigenvalue weighted by Crippen LogP contribution is -2.26. The number of fused-ring (bicyclic) bond motifs is 1. The summed E-state index contributed by atoms with van der Waals surface area (Å²) in [5.74, 6) is -0.403. The van der Waals surface area contributed by atoms with Crippen LogP contribution in [0.4, 0.5) is 5.69 Å². The summed E-state index contributed by atoms with van der Waals surface area (Å²) in [6.45, 7) is 1.83. The molecule has 1 aliphatic rings. The van der Waals surface area contributed by atoms with Gasteiger partial charge in [0.25, 0.3) is 11.5 Å². The molecule has 1 heterocycles. The molecule has 5 heteroatoms. The molecular weight excluding hydrogens is 300 g/mol. The topological polar surface area (TPSA) is 62.0 Å². The lowest BCUT2D eigenvalue weighted by molar-refractivity contribution is 0.102. The lowest BCUT2D eigenvalue weighted by atomic mass is 9.95. The van der Waals surface area contributed by atoms with E-state index in [-0.39, 0.29) is 11.1 Å². The molecule has 2 N–H and O–H groups in total. The molecule has 0 fully saturated rings. The first kappa shape index (κ1) is 14.9. The number of carbonyl (C=O) groups excluding carboxylic acids is 1. The molecular formula is C17H17ClN2O2. The van der Waals surface area contributed by atoms with Crippen LogP contribution >= 0.6 is 11.6 Å². The Morgan fingerprint density at radius 3 is 2.86 bits per heavy atom. The molecule has 1 aliphatic carbocycles. The van der Waals surface area contributed by atoms with Gasteiger partial charge in [0.15, 0.2) is 0 Å². The van der Waals surface area contributed by atoms with Crippen molar-refractivity contribution < 1.29 is 4.79 Å². The van der Waals surface area contributed by atoms with Crippen molar-refractivity contribution in [1.29, 1.82) is 0 Å². The van der Waals surface area contributed by atoms with Crippen LogP contribution < -0.4 is 10.9 Å². The molecule has 0 spiro atoms. The third-order valence-electron chi connectivity index (χ3n) is 4.10. The van der Waals surface area contributed by atoms with E-state index in [1.165, 1.54) is 0 Å². The molecule has 22 heavy (non-hydrogen) atoms. The molecule has 0 atom stereocenters. The largest absolute Gasteiger partial charge is 0.325 e. The van der Waals surface area contributed by atoms with Crippen molar-refractivity contribution >= 4 is 23.2 Å². The normalized spacial score (nSPS) is 13.5. The third-order valence-corrected chi connectivity index (χ3v) is 4.51. The van der Waals surface area contributed by atoms with Crippen molar-refractivity contribution in [3.8, 4) is 0 Å². The van der Waals surface area contributed by atoms with E-state index in [9.17, 15) is 9.59 Å². The van der Waals surface area contributed by atoms with E-state index in [1.54, 1.807) is 24.3 Å². The molecule has 2 aromatic rings. The number of carbonyl (C=O) groups is 1. The maximum Gasteiger partial charge on any atom is 0.261 e. The van der Waals surface area contributed by atoms with Crippen LogP contribution in [-0.4, -0.2) is 10.9 Å². The zero-order chi connectivity index (χ0) is 15.7. The number of aryl methyl sites for hydroxylation is 2. The number of nitrogens with one attached hydrogen (secondary N) is 2. The van der Waals surface area contributed by atoms with Crippen LogP contribution in [0.25, 0.3) is 0 Å². The fourth-order valence-electron chi connectivity index (χ4n) is 2.78. The summed E-state index contributed by atoms with van der Waals surface area (Å²) in [5.41, 5.74) is 3.25. The fraction of sp³-hybridized carbons (Fsp3) is 0.294. The van der Waals surface area contributed by atoms with Crippen molar-refractivity contribution in [2.24, 2.45) is 0 Å². The van der Waals surface area contributed by atoms with Crippen LogP contribution in [0, 0.1) is 6.92 Å². The smallest absolute Gasteiger partial charge is 0.261 e. The second-order valence-electron chi connectivity index (χ2n) is 5.59. The number of benzene rings is 1. The van der Waals surface area contributed by atoms with E-state index < -0.39 is 5.91 Å². The van der Waals surface area contributed by atoms with Gasteiger partial charge in [-0.1, -0.05) is 17.7 Å². The van der Waals surface area contributed by atoms with Gasteiger partial charge in [-0.2, -0.15) is 0 Å². The number of anilines is 1. The fourth-order valence-corrected chi connectivity index (χ4v) is 2.95. The van der Waals surface area contributed by atoms with Gasteiger partial charge < -0.3 is 10.3 Å². The number of hydrogen-bond acceptors (Lipinski definition) is 2. The summed E-state index contributed by atoms with van der Waals surface area (Å²) in [5, 5.41) is 3.35. The van der Waals surface area contributed by atoms with Crippen LogP contribution in [-0.2, 0) is 12.8 Å². The van der Waals surface area contributed by atoms with E-state index in [2.05, 4.69) is 10.3 Å². The second-order valence-corrected chi connectivity index (χ2v) is 6.00. The Morgan fingerprint density at radius 1 is 1.27 bits per heavy atom. The SMILES string of the molecule is Cc1c(Cl)cccc1NC(=O)c1cc2c([nH]c1=O)CCCC2. The molecule has 0 radical (unpaired) electrons. The van der Waals surface area contributed by atoms with E-state index in [0.29, 0.717) is 10.7 Å². The highest BCUT2D eigenvalue weighted by Crippen LogP contribution is 2.24. The zero-order valence-electron chi connectivity index (χ0n) is 12.3. The van der Waals surface area contributed by atoms with Gasteiger partial charge in [-0.05, 0) is 61.9 Å². The quantitative estimate of drug-likeness (QED) is 0.891. The van der Waals surface area contributed by atoms with Gasteiger partial charge in [0, 0.05) is 16.4 Å². The summed E-state index contributed by atoms with van der Waals surface area (Å²) in [7, 11) is 0. The molecule has 114 valence electrons. The molecule has 0 bridgehead atoms. The Hall–Kier alpha value is -2.07. The van der Waals surface area contributed by atoms with Gasteiger partial charge in [0.2, 0.25) is 0 Å². The summed E-state index contributed by atoms with van der Waals surface area (Å²) < 4.78 is 0. The average Bonchev–Trinajstić information content (AvgIpc) is 2.51. The molecule has 0 saturated carbocycles. The summed E-state index contributed by atoms with van der Waals surface area (Å²) in [6.07, 6.45) is 3.95. The lowest BCUT2D eigenvalue weighted by Gasteiger charge is -2.16. The van der Waals surface area contributed by atoms with Gasteiger partial charge in [0.1, 0.15) is 5.56 Å². The number of aromatic nitrogens is 1. The van der Waals surface area contributed by atoms with Crippen molar-refractivity contribution in [3.05, 3.63) is 62.0 Å². The maximum absolute atomic E-state index is 12.4. The van der Waals surface area contributed by atoms with Crippen LogP contribution in [0.5, 0.6) is 0 Å². The van der Waals surface area contributed by atoms with Gasteiger partial charge in [-0.15, -0.1) is 0 Å². The maximum atomic E-state index is 12.4. The van der Waals surface area contributed by atoms with Gasteiger partial charge in [0.05, 0.1) is 0 Å². The first-order valence-electron chi connectivity index (χ1n) is 7.38. The van der Waals surface area contributed by atoms with Crippen LogP contribution in [0.1, 0.15) is 40.0 Å². The molecule has 0 aliphatic heterocycles. The standard InChI is InChI=1S/C17H17ClN2O2/c1-10-13(18)6-4-8-14(10)19-16(21)12-9-11-5-2-3-7-15(11)20-17(12)22/h4,6,8-9H,2-3,5,7H2,1H3,(H,19,21)(H,20,22). The van der Waals surface area contributed by atoms with E-state index in [4.69, 9.17) is 11.6 Å². The summed E-state index contributed by atoms with van der Waals surface area (Å²) >= 11 is 6.05. The van der Waals surface area contributed by atoms with Gasteiger partial charge in [-0.3, -0.25) is 9.59 Å². The molecule has 1 aromatic carbocycles. The van der Waals surface area contributed by atoms with Crippen molar-refractivity contribution in [2.75, 3.05) is 5.32 Å². The number of pyridine rings is 1. The monoisotopic (exact) mass is 316 g/mol. The Labute approximate surface area is 133 Å². The first-order chi connectivity index (χ1) is 10.6. The highest BCUT2D eigenvalue weighted by atomic mass is 35.5. The van der Waals surface area contributed by atoms with Crippen LogP contribution in [0.2, 0.25) is 5.02 Å². The minimum Gasteiger partial charge on any atom is -0.325 e. The predicted molar refractivity (Wildman–Crippen MR) is 87.8 cm³/mol. The van der Waals surface area contributed by atoms with Gasteiger partial charge >= 0.3 is 0 Å². The summed E-state index contributed by atoms with van der Waals surface area (Å²) in [6, 6.07) is 7.02. The van der Waals surface area contributed by atoms with E-state index >= 15 is 0 Å². The number of hydrogen-bond donors (Lipinski definition) is 2. The first-order valence-corrected chi connectivity index (χ1v) is 7.75. The van der Waals surface area contributed by atoms with Crippen molar-refractivity contribution in [1.82, 2.24) is 4.98 Å². The molecule has 4 nitrogen and oxygen atoms in total. The molecule has 0 unspecified atom stereocenters. The van der Waals surface area contributed by atoms with Crippen molar-refractivity contribution in [2.45, 2.75) is 32.6 Å². The molecule has 1 aromatic heterocycles. The number of rotatable bonds is 2. The Morgan fingerprint density at radius 2 is 2.05 bits per heavy atom. The molecule has 3 rings (SSSR count). The Balaban J connectivity index is 1.92. The van der Waals surface area contributed by atoms with Crippen molar-refractivity contribution in [3.63, 3.8) is 0 Å². The number of amides is 1. The van der Waals surface area contributed by atoms with Crippen LogP contribution in [0.15, 0.2) is 29.1 Å². The molecule has 1 amide bonds. The van der Waals surface area contributed by atoms with E-state index in [0.717, 1.165) is 42.5 Å². The van der Waals surface area contributed by atoms with Gasteiger partial charge in [-0.25, -0.2) is 0 Å².